The van der Waals surface area contributed by atoms with Crippen LogP contribution in [0.1, 0.15) is 39.0 Å². The monoisotopic (exact) mass is 190 g/mol. The molecule has 0 unspecified atom stereocenters. The van der Waals surface area contributed by atoms with Crippen LogP contribution in [-0.4, -0.2) is 36.1 Å². The summed E-state index contributed by atoms with van der Waals surface area (Å²) in [5.74, 6) is 0. The van der Waals surface area contributed by atoms with Crippen LogP contribution in [0.3, 0.4) is 0 Å². The molecule has 0 aliphatic heterocycles. The minimum atomic E-state index is -0.125. The first-order chi connectivity index (χ1) is 6.35. The van der Waals surface area contributed by atoms with Gasteiger partial charge < -0.3 is 14.9 Å². The predicted molar refractivity (Wildman–Crippen MR) is 52.7 cm³/mol. The molecule has 1 rings (SSSR count). The fourth-order valence-electron chi connectivity index (χ4n) is 1.34. The Balaban J connectivity index is 0.000000310. The molecule has 0 aromatic rings. The Morgan fingerprint density at radius 1 is 1.15 bits per heavy atom. The molecule has 0 saturated heterocycles. The fourth-order valence-corrected chi connectivity index (χ4v) is 1.34. The maximum absolute atomic E-state index is 7.62. The Labute approximate surface area is 80.7 Å². The third-order valence-electron chi connectivity index (χ3n) is 1.96. The normalized spacial score (nSPS) is 16.8. The Bertz CT molecular complexity index is 88.2. The molecular formula is C10H22O3. The van der Waals surface area contributed by atoms with Crippen molar-refractivity contribution in [1.29, 1.82) is 0 Å². The number of rotatable bonds is 4. The maximum Gasteiger partial charge on any atom is 0.0662 e. The Kier molecular flexibility index (Phi) is 9.87. The highest BCUT2D eigenvalue weighted by Gasteiger charge is 2.13. The van der Waals surface area contributed by atoms with Crippen molar-refractivity contribution in [2.24, 2.45) is 0 Å². The second-order valence-electron chi connectivity index (χ2n) is 3.22. The molecule has 80 valence electrons. The average Bonchev–Trinajstić information content (AvgIpc) is 2.67. The van der Waals surface area contributed by atoms with Crippen molar-refractivity contribution in [3.05, 3.63) is 0 Å². The summed E-state index contributed by atoms with van der Waals surface area (Å²) in [4.78, 5) is 0. The summed E-state index contributed by atoms with van der Waals surface area (Å²) < 4.78 is 5.55. The zero-order valence-corrected chi connectivity index (χ0v) is 8.54. The standard InChI is InChI=1S/C8H16O.C2H6O2/c1-2-7-9-8-5-3-4-6-8;3-1-2-4/h8H,2-7H2,1H3;3-4H,1-2H2. The highest BCUT2D eigenvalue weighted by molar-refractivity contribution is 4.66. The van der Waals surface area contributed by atoms with Crippen molar-refractivity contribution in [3.8, 4) is 0 Å². The largest absolute Gasteiger partial charge is 0.394 e. The fraction of sp³-hybridized carbons (Fsp3) is 1.00. The lowest BCUT2D eigenvalue weighted by Crippen LogP contribution is -2.07. The minimum absolute atomic E-state index is 0.125. The van der Waals surface area contributed by atoms with E-state index in [9.17, 15) is 0 Å². The van der Waals surface area contributed by atoms with Gasteiger partial charge in [-0.05, 0) is 19.3 Å². The molecule has 0 spiro atoms. The van der Waals surface area contributed by atoms with Crippen molar-refractivity contribution in [2.75, 3.05) is 19.8 Å². The molecule has 1 saturated carbocycles. The molecule has 3 nitrogen and oxygen atoms in total. The van der Waals surface area contributed by atoms with Gasteiger partial charge in [-0.3, -0.25) is 0 Å². The van der Waals surface area contributed by atoms with Crippen LogP contribution in [0.15, 0.2) is 0 Å². The molecule has 3 heteroatoms. The van der Waals surface area contributed by atoms with E-state index in [1.807, 2.05) is 0 Å². The van der Waals surface area contributed by atoms with Gasteiger partial charge in [0.15, 0.2) is 0 Å². The summed E-state index contributed by atoms with van der Waals surface area (Å²) in [5.41, 5.74) is 0. The van der Waals surface area contributed by atoms with Gasteiger partial charge in [0.25, 0.3) is 0 Å². The van der Waals surface area contributed by atoms with E-state index < -0.39 is 0 Å². The number of ether oxygens (including phenoxy) is 1. The van der Waals surface area contributed by atoms with Crippen LogP contribution < -0.4 is 0 Å². The van der Waals surface area contributed by atoms with Crippen molar-refractivity contribution < 1.29 is 14.9 Å². The van der Waals surface area contributed by atoms with Gasteiger partial charge in [0.2, 0.25) is 0 Å². The van der Waals surface area contributed by atoms with Gasteiger partial charge in [-0.1, -0.05) is 19.8 Å². The van der Waals surface area contributed by atoms with E-state index in [0.717, 1.165) is 13.0 Å². The van der Waals surface area contributed by atoms with Crippen LogP contribution in [0.5, 0.6) is 0 Å². The quantitative estimate of drug-likeness (QED) is 0.703. The van der Waals surface area contributed by atoms with Crippen molar-refractivity contribution >= 4 is 0 Å². The van der Waals surface area contributed by atoms with Crippen molar-refractivity contribution in [3.63, 3.8) is 0 Å². The van der Waals surface area contributed by atoms with Crippen LogP contribution in [0.25, 0.3) is 0 Å². The lowest BCUT2D eigenvalue weighted by Gasteiger charge is -2.08. The number of hydrogen-bond acceptors (Lipinski definition) is 3. The highest BCUT2D eigenvalue weighted by Crippen LogP contribution is 2.20. The SMILES string of the molecule is CCCOC1CCCC1.OCCO. The van der Waals surface area contributed by atoms with Crippen LogP contribution >= 0.6 is 0 Å². The maximum atomic E-state index is 7.62. The molecule has 0 radical (unpaired) electrons. The second-order valence-corrected chi connectivity index (χ2v) is 3.22. The summed E-state index contributed by atoms with van der Waals surface area (Å²) in [6, 6.07) is 0. The predicted octanol–water partition coefficient (Wildman–Crippen LogP) is 1.33. The van der Waals surface area contributed by atoms with E-state index in [4.69, 9.17) is 14.9 Å². The summed E-state index contributed by atoms with van der Waals surface area (Å²) in [6.07, 6.45) is 7.16. The van der Waals surface area contributed by atoms with Gasteiger partial charge in [-0.25, -0.2) is 0 Å². The molecule has 0 amide bonds. The molecule has 2 N–H and O–H groups in total. The molecule has 0 heterocycles. The van der Waals surface area contributed by atoms with Gasteiger partial charge in [0, 0.05) is 6.61 Å². The average molecular weight is 190 g/mol. The Morgan fingerprint density at radius 3 is 2.08 bits per heavy atom. The second kappa shape index (κ2) is 9.96. The molecule has 0 aromatic carbocycles. The molecule has 1 aliphatic rings. The highest BCUT2D eigenvalue weighted by atomic mass is 16.5. The Morgan fingerprint density at radius 2 is 1.69 bits per heavy atom. The van der Waals surface area contributed by atoms with E-state index >= 15 is 0 Å². The summed E-state index contributed by atoms with van der Waals surface area (Å²) in [7, 11) is 0. The van der Waals surface area contributed by atoms with Crippen LogP contribution in [0, 0.1) is 0 Å². The van der Waals surface area contributed by atoms with Gasteiger partial charge >= 0.3 is 0 Å². The van der Waals surface area contributed by atoms with E-state index in [1.54, 1.807) is 0 Å². The topological polar surface area (TPSA) is 49.7 Å². The summed E-state index contributed by atoms with van der Waals surface area (Å²) in [5, 5.41) is 15.2. The van der Waals surface area contributed by atoms with Gasteiger partial charge in [0.1, 0.15) is 0 Å². The smallest absolute Gasteiger partial charge is 0.0662 e. The molecule has 1 fully saturated rings. The van der Waals surface area contributed by atoms with Crippen LogP contribution in [0.4, 0.5) is 0 Å². The number of aliphatic hydroxyl groups excluding tert-OH is 2. The first-order valence-electron chi connectivity index (χ1n) is 5.18. The third-order valence-corrected chi connectivity index (χ3v) is 1.96. The van der Waals surface area contributed by atoms with Gasteiger partial charge in [0.05, 0.1) is 19.3 Å². The minimum Gasteiger partial charge on any atom is -0.394 e. The first-order valence-corrected chi connectivity index (χ1v) is 5.18. The third kappa shape index (κ3) is 8.22. The molecular weight excluding hydrogens is 168 g/mol. The first kappa shape index (κ1) is 12.9. The molecule has 0 bridgehead atoms. The summed E-state index contributed by atoms with van der Waals surface area (Å²) >= 11 is 0. The van der Waals surface area contributed by atoms with Crippen molar-refractivity contribution in [1.82, 2.24) is 0 Å². The van der Waals surface area contributed by atoms with Gasteiger partial charge in [-0.2, -0.15) is 0 Å². The van der Waals surface area contributed by atoms with E-state index in [-0.39, 0.29) is 13.2 Å². The van der Waals surface area contributed by atoms with Crippen LogP contribution in [-0.2, 0) is 4.74 Å². The molecule has 0 atom stereocenters. The van der Waals surface area contributed by atoms with E-state index in [0.29, 0.717) is 6.10 Å². The summed E-state index contributed by atoms with van der Waals surface area (Å²) in [6.45, 7) is 2.87. The van der Waals surface area contributed by atoms with Gasteiger partial charge in [-0.15, -0.1) is 0 Å². The lowest BCUT2D eigenvalue weighted by molar-refractivity contribution is 0.0589. The molecule has 0 aromatic heterocycles. The number of hydrogen-bond donors (Lipinski definition) is 2. The zero-order chi connectivity index (χ0) is 9.94. The molecule has 13 heavy (non-hydrogen) atoms. The van der Waals surface area contributed by atoms with Crippen LogP contribution in [0.2, 0.25) is 0 Å². The van der Waals surface area contributed by atoms with E-state index in [2.05, 4.69) is 6.92 Å². The molecule has 1 aliphatic carbocycles. The van der Waals surface area contributed by atoms with Crippen molar-refractivity contribution in [2.45, 2.75) is 45.1 Å². The lowest BCUT2D eigenvalue weighted by atomic mass is 10.3. The number of aliphatic hydroxyl groups is 2. The Hall–Kier alpha value is -0.120. The van der Waals surface area contributed by atoms with E-state index in [1.165, 1.54) is 25.7 Å². The zero-order valence-electron chi connectivity index (χ0n) is 8.54.